The number of hydrogen-bond donors (Lipinski definition) is 1. The van der Waals surface area contributed by atoms with Gasteiger partial charge in [-0.25, -0.2) is 9.59 Å². The molecule has 4 heteroatoms. The van der Waals surface area contributed by atoms with Crippen LogP contribution in [-0.2, 0) is 16.0 Å². The van der Waals surface area contributed by atoms with Crippen LogP contribution in [0, 0.1) is 0 Å². The third-order valence-electron chi connectivity index (χ3n) is 2.04. The number of hydrogen-bond acceptors (Lipinski definition) is 3. The Labute approximate surface area is 87.3 Å². The SMILES string of the molecule is O=C=N[C@@H](CCc1ccccc1)C(=O)O. The van der Waals surface area contributed by atoms with Crippen LogP contribution in [0.3, 0.4) is 0 Å². The third kappa shape index (κ3) is 3.75. The normalized spacial score (nSPS) is 11.5. The third-order valence-corrected chi connectivity index (χ3v) is 2.04. The number of aryl methyl sites for hydroxylation is 1. The summed E-state index contributed by atoms with van der Waals surface area (Å²) in [5, 5.41) is 8.71. The summed E-state index contributed by atoms with van der Waals surface area (Å²) in [5.41, 5.74) is 1.03. The highest BCUT2D eigenvalue weighted by Gasteiger charge is 2.15. The zero-order chi connectivity index (χ0) is 11.1. The summed E-state index contributed by atoms with van der Waals surface area (Å²) in [6.07, 6.45) is 2.18. The lowest BCUT2D eigenvalue weighted by molar-refractivity contribution is -0.138. The molecule has 1 N–H and O–H groups in total. The first-order valence-electron chi connectivity index (χ1n) is 4.57. The van der Waals surface area contributed by atoms with Gasteiger partial charge in [-0.3, -0.25) is 0 Å². The molecule has 1 rings (SSSR count). The minimum absolute atomic E-state index is 0.314. The molecule has 0 unspecified atom stereocenters. The molecule has 1 aromatic carbocycles. The summed E-state index contributed by atoms with van der Waals surface area (Å²) < 4.78 is 0. The Morgan fingerprint density at radius 3 is 2.60 bits per heavy atom. The maximum atomic E-state index is 10.6. The summed E-state index contributed by atoms with van der Waals surface area (Å²) in [6, 6.07) is 8.49. The Balaban J connectivity index is 2.54. The second kappa shape index (κ2) is 5.73. The van der Waals surface area contributed by atoms with E-state index < -0.39 is 12.0 Å². The minimum Gasteiger partial charge on any atom is -0.480 e. The van der Waals surface area contributed by atoms with Gasteiger partial charge in [0.05, 0.1) is 0 Å². The van der Waals surface area contributed by atoms with Crippen molar-refractivity contribution < 1.29 is 14.7 Å². The van der Waals surface area contributed by atoms with E-state index in [1.54, 1.807) is 0 Å². The molecule has 0 radical (unpaired) electrons. The van der Waals surface area contributed by atoms with Gasteiger partial charge in [0.15, 0.2) is 6.04 Å². The van der Waals surface area contributed by atoms with Gasteiger partial charge in [0.2, 0.25) is 6.08 Å². The number of carboxylic acids is 1. The Bertz CT molecular complexity index is 367. The molecular formula is C11H11NO3. The predicted octanol–water partition coefficient (Wildman–Crippen LogP) is 1.41. The molecule has 0 aromatic heterocycles. The molecule has 0 fully saturated rings. The van der Waals surface area contributed by atoms with Crippen molar-refractivity contribution in [2.75, 3.05) is 0 Å². The van der Waals surface area contributed by atoms with Crippen molar-refractivity contribution in [3.8, 4) is 0 Å². The van der Waals surface area contributed by atoms with Crippen LogP contribution in [-0.4, -0.2) is 23.2 Å². The second-order valence-corrected chi connectivity index (χ2v) is 3.10. The lowest BCUT2D eigenvalue weighted by Gasteiger charge is -2.04. The smallest absolute Gasteiger partial charge is 0.329 e. The van der Waals surface area contributed by atoms with Gasteiger partial charge >= 0.3 is 5.97 Å². The average Bonchev–Trinajstić information content (AvgIpc) is 2.25. The maximum Gasteiger partial charge on any atom is 0.329 e. The van der Waals surface area contributed by atoms with E-state index in [0.717, 1.165) is 5.56 Å². The van der Waals surface area contributed by atoms with Crippen LogP contribution in [0.2, 0.25) is 0 Å². The van der Waals surface area contributed by atoms with Gasteiger partial charge in [-0.15, -0.1) is 0 Å². The summed E-state index contributed by atoms with van der Waals surface area (Å²) >= 11 is 0. The van der Waals surface area contributed by atoms with E-state index in [1.165, 1.54) is 6.08 Å². The van der Waals surface area contributed by atoms with Gasteiger partial charge in [-0.2, -0.15) is 4.99 Å². The van der Waals surface area contributed by atoms with E-state index in [1.807, 2.05) is 30.3 Å². The molecule has 0 aliphatic heterocycles. The standard InChI is InChI=1S/C11H11NO3/c13-8-12-10(11(14)15)7-6-9-4-2-1-3-5-9/h1-5,10H,6-7H2,(H,14,15)/t10-/m0/s1. The quantitative estimate of drug-likeness (QED) is 0.583. The minimum atomic E-state index is -1.09. The van der Waals surface area contributed by atoms with Crippen molar-refractivity contribution in [3.63, 3.8) is 0 Å². The van der Waals surface area contributed by atoms with Gasteiger partial charge in [0.1, 0.15) is 0 Å². The van der Waals surface area contributed by atoms with Crippen LogP contribution >= 0.6 is 0 Å². The van der Waals surface area contributed by atoms with E-state index in [2.05, 4.69) is 4.99 Å². The summed E-state index contributed by atoms with van der Waals surface area (Å²) in [7, 11) is 0. The van der Waals surface area contributed by atoms with Gasteiger partial charge in [0, 0.05) is 0 Å². The number of benzene rings is 1. The van der Waals surface area contributed by atoms with Crippen LogP contribution < -0.4 is 0 Å². The zero-order valence-corrected chi connectivity index (χ0v) is 8.09. The van der Waals surface area contributed by atoms with Gasteiger partial charge in [-0.1, -0.05) is 30.3 Å². The molecule has 0 aliphatic carbocycles. The summed E-state index contributed by atoms with van der Waals surface area (Å²) in [4.78, 5) is 23.8. The van der Waals surface area contributed by atoms with E-state index in [-0.39, 0.29) is 0 Å². The molecule has 0 saturated carbocycles. The zero-order valence-electron chi connectivity index (χ0n) is 8.09. The number of rotatable bonds is 5. The maximum absolute atomic E-state index is 10.6. The van der Waals surface area contributed by atoms with E-state index >= 15 is 0 Å². The van der Waals surface area contributed by atoms with E-state index in [0.29, 0.717) is 12.8 Å². The first kappa shape index (κ1) is 11.1. The van der Waals surface area contributed by atoms with Gasteiger partial charge < -0.3 is 5.11 Å². The first-order chi connectivity index (χ1) is 7.24. The first-order valence-corrected chi connectivity index (χ1v) is 4.57. The lowest BCUT2D eigenvalue weighted by Crippen LogP contribution is -2.18. The molecule has 0 aliphatic rings. The van der Waals surface area contributed by atoms with E-state index in [4.69, 9.17) is 5.11 Å². The number of carbonyl (C=O) groups excluding carboxylic acids is 1. The van der Waals surface area contributed by atoms with Gasteiger partial charge in [0.25, 0.3) is 0 Å². The van der Waals surface area contributed by atoms with Crippen LogP contribution in [0.15, 0.2) is 35.3 Å². The molecule has 0 bridgehead atoms. The number of nitrogens with zero attached hydrogens (tertiary/aromatic N) is 1. The molecule has 4 nitrogen and oxygen atoms in total. The molecule has 0 saturated heterocycles. The molecule has 0 heterocycles. The Hall–Kier alpha value is -1.93. The largest absolute Gasteiger partial charge is 0.480 e. The Kier molecular flexibility index (Phi) is 4.26. The van der Waals surface area contributed by atoms with Crippen LogP contribution in [0.25, 0.3) is 0 Å². The fourth-order valence-electron chi connectivity index (χ4n) is 1.25. The Morgan fingerprint density at radius 1 is 1.40 bits per heavy atom. The highest BCUT2D eigenvalue weighted by molar-refractivity contribution is 5.74. The second-order valence-electron chi connectivity index (χ2n) is 3.10. The molecular weight excluding hydrogens is 194 g/mol. The fraction of sp³-hybridized carbons (Fsp3) is 0.273. The van der Waals surface area contributed by atoms with Crippen molar-refractivity contribution in [2.24, 2.45) is 4.99 Å². The molecule has 0 spiro atoms. The predicted molar refractivity (Wildman–Crippen MR) is 54.3 cm³/mol. The van der Waals surface area contributed by atoms with Crippen molar-refractivity contribution in [2.45, 2.75) is 18.9 Å². The summed E-state index contributed by atoms with van der Waals surface area (Å²) in [5.74, 6) is -1.09. The monoisotopic (exact) mass is 205 g/mol. The number of carboxylic acid groups (broad SMARTS) is 1. The average molecular weight is 205 g/mol. The molecule has 1 atom stereocenters. The van der Waals surface area contributed by atoms with Crippen LogP contribution in [0.4, 0.5) is 0 Å². The Morgan fingerprint density at radius 2 is 2.07 bits per heavy atom. The highest BCUT2D eigenvalue weighted by Crippen LogP contribution is 2.07. The number of carbonyl (C=O) groups is 1. The fourth-order valence-corrected chi connectivity index (χ4v) is 1.25. The van der Waals surface area contributed by atoms with Gasteiger partial charge in [-0.05, 0) is 18.4 Å². The van der Waals surface area contributed by atoms with E-state index in [9.17, 15) is 9.59 Å². The van der Waals surface area contributed by atoms with Crippen LogP contribution in [0.5, 0.6) is 0 Å². The molecule has 78 valence electrons. The van der Waals surface area contributed by atoms with Crippen molar-refractivity contribution in [1.82, 2.24) is 0 Å². The topological polar surface area (TPSA) is 66.7 Å². The van der Waals surface area contributed by atoms with Crippen molar-refractivity contribution in [1.29, 1.82) is 0 Å². The summed E-state index contributed by atoms with van der Waals surface area (Å²) in [6.45, 7) is 0. The molecule has 15 heavy (non-hydrogen) atoms. The highest BCUT2D eigenvalue weighted by atomic mass is 16.4. The molecule has 1 aromatic rings. The van der Waals surface area contributed by atoms with Crippen molar-refractivity contribution in [3.05, 3.63) is 35.9 Å². The number of isocyanates is 1. The van der Waals surface area contributed by atoms with Crippen LogP contribution in [0.1, 0.15) is 12.0 Å². The number of aliphatic imine (C=N–C) groups is 1. The number of aliphatic carboxylic acids is 1. The van der Waals surface area contributed by atoms with Crippen molar-refractivity contribution >= 4 is 12.0 Å². The molecule has 0 amide bonds. The lowest BCUT2D eigenvalue weighted by atomic mass is 10.1.